The minimum absolute atomic E-state index is 0.0590. The molecule has 0 aliphatic heterocycles. The van der Waals surface area contributed by atoms with Gasteiger partial charge in [-0.1, -0.05) is 72.8 Å². The number of benzene rings is 5. The van der Waals surface area contributed by atoms with E-state index < -0.39 is 0 Å². The molecule has 0 saturated carbocycles. The fourth-order valence-corrected chi connectivity index (χ4v) is 4.90. The Kier molecular flexibility index (Phi) is 5.16. The lowest BCUT2D eigenvalue weighted by Gasteiger charge is -2.30. The van der Waals surface area contributed by atoms with Crippen LogP contribution in [0, 0.1) is 6.92 Å². The van der Waals surface area contributed by atoms with Gasteiger partial charge < -0.3 is 9.47 Å². The summed E-state index contributed by atoms with van der Waals surface area (Å²) in [6, 6.07) is 43.0. The molecule has 3 heteroatoms. The third-order valence-electron chi connectivity index (χ3n) is 6.51. The molecule has 6 aromatic rings. The Morgan fingerprint density at radius 1 is 0.543 bits per heavy atom. The number of rotatable bonds is 4. The average Bonchev–Trinajstić information content (AvgIpc) is 2.92. The van der Waals surface area contributed by atoms with Gasteiger partial charge in [0.1, 0.15) is 0 Å². The fraction of sp³-hybridized carbons (Fsp3) is 0.0312. The smallest absolute Gasteiger partial charge is 0.197 e. The Morgan fingerprint density at radius 3 is 1.71 bits per heavy atom. The largest absolute Gasteiger partial charge is 0.308 e. The van der Waals surface area contributed by atoms with E-state index >= 15 is 0 Å². The fourth-order valence-electron chi connectivity index (χ4n) is 4.90. The van der Waals surface area contributed by atoms with Crippen LogP contribution in [-0.2, 0) is 0 Å². The van der Waals surface area contributed by atoms with Gasteiger partial charge in [0.05, 0.1) is 22.4 Å². The van der Waals surface area contributed by atoms with Gasteiger partial charge in [0, 0.05) is 22.1 Å². The first-order chi connectivity index (χ1) is 17.2. The summed E-state index contributed by atoms with van der Waals surface area (Å²) >= 11 is 0. The number of pyridine rings is 1. The summed E-state index contributed by atoms with van der Waals surface area (Å²) in [5.74, 6) is 0. The molecule has 1 aromatic heterocycles. The molecule has 1 heterocycles. The molecule has 0 saturated heterocycles. The minimum Gasteiger partial charge on any atom is -0.308 e. The van der Waals surface area contributed by atoms with Crippen molar-refractivity contribution in [2.75, 3.05) is 4.90 Å². The second-order valence-corrected chi connectivity index (χ2v) is 8.64. The average molecular weight is 453 g/mol. The molecular weight excluding hydrogens is 428 g/mol. The van der Waals surface area contributed by atoms with Crippen LogP contribution >= 0.6 is 0 Å². The van der Waals surface area contributed by atoms with Crippen LogP contribution < -0.4 is 10.3 Å². The predicted molar refractivity (Wildman–Crippen MR) is 146 cm³/mol. The van der Waals surface area contributed by atoms with Crippen LogP contribution in [0.5, 0.6) is 0 Å². The summed E-state index contributed by atoms with van der Waals surface area (Å²) < 4.78 is 2.22. The summed E-state index contributed by atoms with van der Waals surface area (Å²) in [6.07, 6.45) is 0. The molecule has 5 aromatic carbocycles. The Bertz CT molecular complexity index is 1670. The van der Waals surface area contributed by atoms with E-state index in [1.165, 1.54) is 5.56 Å². The maximum atomic E-state index is 13.4. The summed E-state index contributed by atoms with van der Waals surface area (Å²) in [5.41, 5.74) is 7.25. The van der Waals surface area contributed by atoms with E-state index in [1.807, 2.05) is 54.6 Å². The number of nitrogens with zero attached hydrogens (tertiary/aromatic N) is 2. The van der Waals surface area contributed by atoms with Crippen molar-refractivity contribution in [2.24, 2.45) is 0 Å². The van der Waals surface area contributed by atoms with Crippen molar-refractivity contribution in [3.05, 3.63) is 143 Å². The van der Waals surface area contributed by atoms with Gasteiger partial charge in [-0.3, -0.25) is 4.79 Å². The molecule has 0 fully saturated rings. The highest BCUT2D eigenvalue weighted by Gasteiger charge is 2.20. The zero-order valence-electron chi connectivity index (χ0n) is 19.4. The molecule has 0 atom stereocenters. The van der Waals surface area contributed by atoms with E-state index in [9.17, 15) is 4.79 Å². The molecule has 0 spiro atoms. The maximum Gasteiger partial charge on any atom is 0.197 e. The van der Waals surface area contributed by atoms with Gasteiger partial charge >= 0.3 is 0 Å². The number of aromatic nitrogens is 1. The van der Waals surface area contributed by atoms with Crippen LogP contribution in [-0.4, -0.2) is 4.57 Å². The normalized spacial score (nSPS) is 11.1. The Labute approximate surface area is 204 Å². The molecule has 0 aliphatic rings. The molecule has 0 amide bonds. The zero-order valence-corrected chi connectivity index (χ0v) is 19.4. The second-order valence-electron chi connectivity index (χ2n) is 8.64. The second kappa shape index (κ2) is 8.62. The standard InChI is InChI=1S/C32H24N2O/c1-23-13-5-8-18-27(23)33(24-14-3-2-4-15-24)30-21-11-12-22-31(30)34-28-19-9-6-16-25(28)32(35)26-17-7-10-20-29(26)34/h2-22H,1H3. The number of hydrogen-bond acceptors (Lipinski definition) is 2. The topological polar surface area (TPSA) is 25.2 Å². The Morgan fingerprint density at radius 2 is 1.06 bits per heavy atom. The van der Waals surface area contributed by atoms with Crippen molar-refractivity contribution in [1.29, 1.82) is 0 Å². The number of fused-ring (bicyclic) bond motifs is 2. The van der Waals surface area contributed by atoms with Crippen molar-refractivity contribution in [2.45, 2.75) is 6.92 Å². The van der Waals surface area contributed by atoms with E-state index in [2.05, 4.69) is 89.2 Å². The van der Waals surface area contributed by atoms with Gasteiger partial charge in [0.25, 0.3) is 0 Å². The van der Waals surface area contributed by atoms with Crippen molar-refractivity contribution >= 4 is 38.9 Å². The monoisotopic (exact) mass is 452 g/mol. The van der Waals surface area contributed by atoms with Gasteiger partial charge in [0.2, 0.25) is 0 Å². The van der Waals surface area contributed by atoms with Crippen molar-refractivity contribution in [3.8, 4) is 5.69 Å². The van der Waals surface area contributed by atoms with Crippen LogP contribution in [0.25, 0.3) is 27.5 Å². The van der Waals surface area contributed by atoms with E-state index in [0.29, 0.717) is 10.8 Å². The lowest BCUT2D eigenvalue weighted by molar-refractivity contribution is 1.13. The Hall–Kier alpha value is -4.63. The van der Waals surface area contributed by atoms with Gasteiger partial charge in [-0.15, -0.1) is 0 Å². The third-order valence-corrected chi connectivity index (χ3v) is 6.51. The first-order valence-corrected chi connectivity index (χ1v) is 11.8. The number of hydrogen-bond donors (Lipinski definition) is 0. The highest BCUT2D eigenvalue weighted by molar-refractivity contribution is 5.97. The van der Waals surface area contributed by atoms with Crippen molar-refractivity contribution in [1.82, 2.24) is 4.57 Å². The molecule has 168 valence electrons. The molecule has 0 bridgehead atoms. The zero-order chi connectivity index (χ0) is 23.8. The highest BCUT2D eigenvalue weighted by atomic mass is 16.1. The summed E-state index contributed by atoms with van der Waals surface area (Å²) in [7, 11) is 0. The van der Waals surface area contributed by atoms with Gasteiger partial charge in [-0.2, -0.15) is 0 Å². The van der Waals surface area contributed by atoms with Crippen LogP contribution in [0.4, 0.5) is 17.1 Å². The highest BCUT2D eigenvalue weighted by Crippen LogP contribution is 2.40. The lowest BCUT2D eigenvalue weighted by Crippen LogP contribution is -2.16. The summed E-state index contributed by atoms with van der Waals surface area (Å²) in [5, 5.41) is 1.42. The SMILES string of the molecule is Cc1ccccc1N(c1ccccc1)c1ccccc1-n1c2ccccc2c(=O)c2ccccc21. The van der Waals surface area contributed by atoms with Gasteiger partial charge in [-0.05, 0) is 67.1 Å². The van der Waals surface area contributed by atoms with Crippen molar-refractivity contribution in [3.63, 3.8) is 0 Å². The van der Waals surface area contributed by atoms with Crippen molar-refractivity contribution < 1.29 is 0 Å². The molecule has 0 N–H and O–H groups in total. The molecule has 6 rings (SSSR count). The predicted octanol–water partition coefficient (Wildman–Crippen LogP) is 7.92. The lowest BCUT2D eigenvalue weighted by atomic mass is 10.1. The third kappa shape index (κ3) is 3.49. The van der Waals surface area contributed by atoms with Crippen LogP contribution in [0.3, 0.4) is 0 Å². The number of aryl methyl sites for hydroxylation is 1. The first-order valence-electron chi connectivity index (χ1n) is 11.8. The summed E-state index contributed by atoms with van der Waals surface area (Å²) in [6.45, 7) is 2.14. The van der Waals surface area contributed by atoms with E-state index in [1.54, 1.807) is 0 Å². The van der Waals surface area contributed by atoms with Crippen LogP contribution in [0.2, 0.25) is 0 Å². The van der Waals surface area contributed by atoms with Gasteiger partial charge in [0.15, 0.2) is 5.43 Å². The van der Waals surface area contributed by atoms with E-state index in [-0.39, 0.29) is 5.43 Å². The molecular formula is C32H24N2O. The van der Waals surface area contributed by atoms with E-state index in [4.69, 9.17) is 0 Å². The first kappa shape index (κ1) is 20.9. The summed E-state index contributed by atoms with van der Waals surface area (Å²) in [4.78, 5) is 15.7. The number of anilines is 3. The minimum atomic E-state index is 0.0590. The molecule has 0 aliphatic carbocycles. The van der Waals surface area contributed by atoms with E-state index in [0.717, 1.165) is 33.8 Å². The Balaban J connectivity index is 1.74. The molecule has 0 unspecified atom stereocenters. The van der Waals surface area contributed by atoms with Crippen LogP contribution in [0.1, 0.15) is 5.56 Å². The van der Waals surface area contributed by atoms with Gasteiger partial charge in [-0.25, -0.2) is 0 Å². The maximum absolute atomic E-state index is 13.4. The number of para-hydroxylation sites is 6. The quantitative estimate of drug-likeness (QED) is 0.254. The molecule has 3 nitrogen and oxygen atoms in total. The molecule has 0 radical (unpaired) electrons. The van der Waals surface area contributed by atoms with Crippen LogP contribution in [0.15, 0.2) is 132 Å². The molecule has 35 heavy (non-hydrogen) atoms.